The number of para-hydroxylation sites is 1. The van der Waals surface area contributed by atoms with Gasteiger partial charge in [0.05, 0.1) is 25.8 Å². The van der Waals surface area contributed by atoms with Crippen molar-refractivity contribution < 1.29 is 23.7 Å². The van der Waals surface area contributed by atoms with Crippen LogP contribution in [0.3, 0.4) is 0 Å². The lowest BCUT2D eigenvalue weighted by Gasteiger charge is -2.28. The van der Waals surface area contributed by atoms with Crippen LogP contribution in [-0.4, -0.2) is 62.2 Å². The van der Waals surface area contributed by atoms with Crippen LogP contribution in [0.1, 0.15) is 20.8 Å². The fourth-order valence-corrected chi connectivity index (χ4v) is 2.34. The molecule has 1 aromatic rings. The predicted octanol–water partition coefficient (Wildman–Crippen LogP) is 2.72. The number of ether oxygens (including phenoxy) is 4. The maximum Gasteiger partial charge on any atom is 0.410 e. The standard InChI is InChI=1S/C18H27NO5/c1-18(2,3)24-17(20)19-10-15(21-4)12-23-16(11-19)13-22-14-8-6-5-7-9-14/h5-9,15-16H,10-13H2,1-4H3/t15-,16-/m1/s1. The summed E-state index contributed by atoms with van der Waals surface area (Å²) < 4.78 is 22.4. The highest BCUT2D eigenvalue weighted by Crippen LogP contribution is 2.16. The maximum atomic E-state index is 12.4. The molecular formula is C18H27NO5. The van der Waals surface area contributed by atoms with E-state index in [-0.39, 0.29) is 18.3 Å². The van der Waals surface area contributed by atoms with Crippen molar-refractivity contribution in [2.75, 3.05) is 33.4 Å². The van der Waals surface area contributed by atoms with Gasteiger partial charge in [-0.3, -0.25) is 0 Å². The van der Waals surface area contributed by atoms with E-state index >= 15 is 0 Å². The molecule has 1 aliphatic heterocycles. The fourth-order valence-electron chi connectivity index (χ4n) is 2.34. The van der Waals surface area contributed by atoms with E-state index < -0.39 is 5.60 Å². The van der Waals surface area contributed by atoms with Crippen molar-refractivity contribution in [1.29, 1.82) is 0 Å². The van der Waals surface area contributed by atoms with Crippen LogP contribution >= 0.6 is 0 Å². The van der Waals surface area contributed by atoms with Crippen molar-refractivity contribution in [1.82, 2.24) is 4.90 Å². The molecule has 1 amide bonds. The van der Waals surface area contributed by atoms with E-state index in [1.807, 2.05) is 51.1 Å². The van der Waals surface area contributed by atoms with Gasteiger partial charge in [-0.05, 0) is 32.9 Å². The Morgan fingerprint density at radius 1 is 1.25 bits per heavy atom. The van der Waals surface area contributed by atoms with Crippen LogP contribution in [-0.2, 0) is 14.2 Å². The fraction of sp³-hybridized carbons (Fsp3) is 0.611. The Balaban J connectivity index is 1.97. The summed E-state index contributed by atoms with van der Waals surface area (Å²) in [5.74, 6) is 0.775. The van der Waals surface area contributed by atoms with Crippen LogP contribution < -0.4 is 4.74 Å². The van der Waals surface area contributed by atoms with Gasteiger partial charge in [-0.1, -0.05) is 18.2 Å². The molecule has 2 rings (SSSR count). The van der Waals surface area contributed by atoms with E-state index in [2.05, 4.69) is 0 Å². The van der Waals surface area contributed by atoms with Gasteiger partial charge < -0.3 is 23.8 Å². The molecule has 1 aromatic carbocycles. The second-order valence-electron chi connectivity index (χ2n) is 6.82. The van der Waals surface area contributed by atoms with Crippen LogP contribution in [0.2, 0.25) is 0 Å². The lowest BCUT2D eigenvalue weighted by molar-refractivity contribution is -0.0203. The van der Waals surface area contributed by atoms with E-state index in [1.54, 1.807) is 12.0 Å². The van der Waals surface area contributed by atoms with Crippen molar-refractivity contribution >= 4 is 6.09 Å². The minimum atomic E-state index is -0.539. The summed E-state index contributed by atoms with van der Waals surface area (Å²) in [6.07, 6.45) is -0.781. The molecular weight excluding hydrogens is 310 g/mol. The first kappa shape index (κ1) is 18.5. The normalized spacial score (nSPS) is 21.9. The molecule has 1 saturated heterocycles. The Morgan fingerprint density at radius 3 is 2.58 bits per heavy atom. The van der Waals surface area contributed by atoms with E-state index in [4.69, 9.17) is 18.9 Å². The van der Waals surface area contributed by atoms with Crippen molar-refractivity contribution in [2.45, 2.75) is 38.6 Å². The number of hydrogen-bond acceptors (Lipinski definition) is 5. The van der Waals surface area contributed by atoms with E-state index in [0.29, 0.717) is 26.3 Å². The molecule has 0 aliphatic carbocycles. The smallest absolute Gasteiger partial charge is 0.410 e. The monoisotopic (exact) mass is 337 g/mol. The van der Waals surface area contributed by atoms with Crippen molar-refractivity contribution in [3.63, 3.8) is 0 Å². The SMILES string of the molecule is CO[C@H]1CO[C@@H](COc2ccccc2)CN(C(=O)OC(C)(C)C)C1. The van der Waals surface area contributed by atoms with Crippen molar-refractivity contribution in [3.8, 4) is 5.75 Å². The first-order valence-electron chi connectivity index (χ1n) is 8.17. The largest absolute Gasteiger partial charge is 0.491 e. The lowest BCUT2D eigenvalue weighted by atomic mass is 10.2. The average molecular weight is 337 g/mol. The number of nitrogens with zero attached hydrogens (tertiary/aromatic N) is 1. The molecule has 0 radical (unpaired) electrons. The molecule has 0 spiro atoms. The van der Waals surface area contributed by atoms with Crippen LogP contribution in [0.15, 0.2) is 30.3 Å². The summed E-state index contributed by atoms with van der Waals surface area (Å²) >= 11 is 0. The summed E-state index contributed by atoms with van der Waals surface area (Å²) in [5.41, 5.74) is -0.539. The van der Waals surface area contributed by atoms with Gasteiger partial charge in [0.2, 0.25) is 0 Å². The lowest BCUT2D eigenvalue weighted by Crippen LogP contribution is -2.43. The highest BCUT2D eigenvalue weighted by Gasteiger charge is 2.31. The summed E-state index contributed by atoms with van der Waals surface area (Å²) in [6.45, 7) is 7.17. The number of carbonyl (C=O) groups excluding carboxylic acids is 1. The minimum absolute atomic E-state index is 0.181. The average Bonchev–Trinajstić information content (AvgIpc) is 2.75. The summed E-state index contributed by atoms with van der Waals surface area (Å²) in [5, 5.41) is 0. The Hall–Kier alpha value is -1.79. The topological polar surface area (TPSA) is 57.2 Å². The number of hydrogen-bond donors (Lipinski definition) is 0. The quantitative estimate of drug-likeness (QED) is 0.845. The zero-order valence-electron chi connectivity index (χ0n) is 14.9. The summed E-state index contributed by atoms with van der Waals surface area (Å²) in [4.78, 5) is 14.0. The van der Waals surface area contributed by atoms with E-state index in [9.17, 15) is 4.79 Å². The third-order valence-corrected chi connectivity index (χ3v) is 3.53. The third kappa shape index (κ3) is 6.02. The van der Waals surface area contributed by atoms with Gasteiger partial charge in [0.25, 0.3) is 0 Å². The number of benzene rings is 1. The Bertz CT molecular complexity index is 514. The zero-order chi connectivity index (χ0) is 17.6. The molecule has 0 bridgehead atoms. The summed E-state index contributed by atoms with van der Waals surface area (Å²) in [6, 6.07) is 9.54. The highest BCUT2D eigenvalue weighted by molar-refractivity contribution is 5.68. The molecule has 6 nitrogen and oxygen atoms in total. The predicted molar refractivity (Wildman–Crippen MR) is 90.3 cm³/mol. The Kier molecular flexibility index (Phi) is 6.45. The minimum Gasteiger partial charge on any atom is -0.491 e. The van der Waals surface area contributed by atoms with Crippen LogP contribution in [0.5, 0.6) is 5.75 Å². The molecule has 0 saturated carbocycles. The molecule has 1 fully saturated rings. The molecule has 24 heavy (non-hydrogen) atoms. The van der Waals surface area contributed by atoms with E-state index in [0.717, 1.165) is 5.75 Å². The van der Waals surface area contributed by atoms with Gasteiger partial charge in [-0.15, -0.1) is 0 Å². The van der Waals surface area contributed by atoms with Gasteiger partial charge >= 0.3 is 6.09 Å². The van der Waals surface area contributed by atoms with Gasteiger partial charge in [0, 0.05) is 7.11 Å². The van der Waals surface area contributed by atoms with Gasteiger partial charge in [-0.25, -0.2) is 4.79 Å². The maximum absolute atomic E-state index is 12.4. The zero-order valence-corrected chi connectivity index (χ0v) is 14.9. The molecule has 0 N–H and O–H groups in total. The van der Waals surface area contributed by atoms with Gasteiger partial charge in [0.15, 0.2) is 0 Å². The first-order chi connectivity index (χ1) is 11.4. The second kappa shape index (κ2) is 8.35. The van der Waals surface area contributed by atoms with E-state index in [1.165, 1.54) is 0 Å². The molecule has 1 heterocycles. The number of carbonyl (C=O) groups is 1. The van der Waals surface area contributed by atoms with Crippen molar-refractivity contribution in [2.24, 2.45) is 0 Å². The van der Waals surface area contributed by atoms with Crippen molar-refractivity contribution in [3.05, 3.63) is 30.3 Å². The molecule has 0 unspecified atom stereocenters. The van der Waals surface area contributed by atoms with Gasteiger partial charge in [-0.2, -0.15) is 0 Å². The number of rotatable bonds is 4. The molecule has 134 valence electrons. The van der Waals surface area contributed by atoms with Crippen LogP contribution in [0, 0.1) is 0 Å². The number of amides is 1. The molecule has 1 aliphatic rings. The van der Waals surface area contributed by atoms with Gasteiger partial charge in [0.1, 0.15) is 24.1 Å². The summed E-state index contributed by atoms with van der Waals surface area (Å²) in [7, 11) is 1.61. The molecule has 0 aromatic heterocycles. The Labute approximate surface area is 143 Å². The number of methoxy groups -OCH3 is 1. The van der Waals surface area contributed by atoms with Crippen LogP contribution in [0.4, 0.5) is 4.79 Å². The molecule has 2 atom stereocenters. The molecule has 6 heteroatoms. The first-order valence-corrected chi connectivity index (χ1v) is 8.17. The second-order valence-corrected chi connectivity index (χ2v) is 6.82. The Morgan fingerprint density at radius 2 is 1.96 bits per heavy atom. The van der Waals surface area contributed by atoms with Crippen LogP contribution in [0.25, 0.3) is 0 Å². The highest BCUT2D eigenvalue weighted by atomic mass is 16.6. The third-order valence-electron chi connectivity index (χ3n) is 3.53.